The van der Waals surface area contributed by atoms with Crippen LogP contribution in [0.15, 0.2) is 95.9 Å². The van der Waals surface area contributed by atoms with Gasteiger partial charge in [0.1, 0.15) is 16.8 Å². The van der Waals surface area contributed by atoms with Crippen molar-refractivity contribution in [3.05, 3.63) is 119 Å². The number of nitrogens with zero attached hydrogens (tertiary/aromatic N) is 6. The SMILES string of the molecule is CCCc1cnc(N2C=CC([C@H](C)Oc3nn4cc(-c5ccc(-c6c7c(cc(C)c6S(=O)(=O)O)-c6ccccc6C7)cc5F)nc4s3)=CC2)nc1. The van der Waals surface area contributed by atoms with Gasteiger partial charge < -0.3 is 9.64 Å². The van der Waals surface area contributed by atoms with Crippen LogP contribution in [-0.2, 0) is 23.0 Å². The molecular weight excluding hydrogens is 688 g/mol. The summed E-state index contributed by atoms with van der Waals surface area (Å²) in [7, 11) is -4.61. The lowest BCUT2D eigenvalue weighted by molar-refractivity contribution is 0.256. The van der Waals surface area contributed by atoms with Crippen molar-refractivity contribution in [1.82, 2.24) is 24.6 Å². The van der Waals surface area contributed by atoms with Gasteiger partial charge in [-0.15, -0.1) is 5.10 Å². The fraction of sp³-hybridized carbons (Fsp3) is 0.211. The van der Waals surface area contributed by atoms with Gasteiger partial charge in [-0.2, -0.15) is 8.42 Å². The minimum atomic E-state index is -4.61. The molecule has 8 rings (SSSR count). The van der Waals surface area contributed by atoms with Crippen LogP contribution in [0.5, 0.6) is 5.19 Å². The van der Waals surface area contributed by atoms with E-state index in [2.05, 4.69) is 33.1 Å². The summed E-state index contributed by atoms with van der Waals surface area (Å²) in [6.45, 7) is 6.33. The number of benzene rings is 3. The Morgan fingerprint density at radius 1 is 1.08 bits per heavy atom. The number of aryl methyl sites for hydroxylation is 2. The predicted molar refractivity (Wildman–Crippen MR) is 195 cm³/mol. The van der Waals surface area contributed by atoms with Gasteiger partial charge in [0.25, 0.3) is 15.3 Å². The molecule has 0 amide bonds. The van der Waals surface area contributed by atoms with E-state index in [1.165, 1.54) is 17.4 Å². The Balaban J connectivity index is 1.01. The van der Waals surface area contributed by atoms with Gasteiger partial charge in [0.2, 0.25) is 10.9 Å². The molecule has 0 radical (unpaired) electrons. The van der Waals surface area contributed by atoms with E-state index in [0.29, 0.717) is 51.5 Å². The van der Waals surface area contributed by atoms with Crippen LogP contribution < -0.4 is 9.64 Å². The molecule has 258 valence electrons. The van der Waals surface area contributed by atoms with Gasteiger partial charge in [0, 0.05) is 36.3 Å². The van der Waals surface area contributed by atoms with E-state index in [9.17, 15) is 13.0 Å². The van der Waals surface area contributed by atoms with Gasteiger partial charge in [0.15, 0.2) is 0 Å². The van der Waals surface area contributed by atoms with Gasteiger partial charge in [0.05, 0.1) is 11.9 Å². The highest BCUT2D eigenvalue weighted by Crippen LogP contribution is 2.46. The zero-order valence-corrected chi connectivity index (χ0v) is 29.7. The minimum Gasteiger partial charge on any atom is -0.461 e. The number of halogens is 1. The molecule has 6 aromatic rings. The molecule has 0 bridgehead atoms. The second kappa shape index (κ2) is 12.8. The molecule has 3 aromatic heterocycles. The number of imidazole rings is 1. The Morgan fingerprint density at radius 2 is 1.88 bits per heavy atom. The molecule has 0 fully saturated rings. The Bertz CT molecular complexity index is 2470. The Kier molecular flexibility index (Phi) is 8.28. The van der Waals surface area contributed by atoms with Crippen LogP contribution in [0, 0.1) is 12.7 Å². The summed E-state index contributed by atoms with van der Waals surface area (Å²) in [5.74, 6) is 0.0632. The van der Waals surface area contributed by atoms with Crippen molar-refractivity contribution in [2.45, 2.75) is 51.0 Å². The first kappa shape index (κ1) is 32.9. The molecule has 1 N–H and O–H groups in total. The van der Waals surface area contributed by atoms with Crippen molar-refractivity contribution in [3.63, 3.8) is 0 Å². The standard InChI is InChI=1S/C38H33FN6O4S2/c1-4-7-24-19-40-36(41-20-24)44-14-12-25(13-15-44)23(3)49-38-43-45-21-33(42-37(45)50-38)29-11-10-27(18-32(29)39)34-31-17-26-8-5-6-9-28(26)30(31)16-22(2)35(34)51(46,47)48/h5-6,8-14,16,18-21,23H,4,7,15,17H2,1-3H3,(H,46,47,48)/t23-/m0/s1. The van der Waals surface area contributed by atoms with E-state index in [0.717, 1.165) is 46.2 Å². The number of hydrogen-bond acceptors (Lipinski definition) is 9. The van der Waals surface area contributed by atoms with Crippen molar-refractivity contribution in [3.8, 4) is 38.7 Å². The van der Waals surface area contributed by atoms with Crippen LogP contribution in [0.3, 0.4) is 0 Å². The maximum absolute atomic E-state index is 15.9. The van der Waals surface area contributed by atoms with Crippen molar-refractivity contribution in [2.24, 2.45) is 0 Å². The molecule has 2 aliphatic rings. The summed E-state index contributed by atoms with van der Waals surface area (Å²) in [5, 5.41) is 4.96. The molecule has 0 unspecified atom stereocenters. The van der Waals surface area contributed by atoms with Gasteiger partial charge >= 0.3 is 0 Å². The molecule has 10 nitrogen and oxygen atoms in total. The fourth-order valence-corrected chi connectivity index (χ4v) is 8.63. The van der Waals surface area contributed by atoms with Crippen LogP contribution in [0.4, 0.5) is 10.3 Å². The monoisotopic (exact) mass is 720 g/mol. The molecule has 1 atom stereocenters. The average Bonchev–Trinajstić information content (AvgIpc) is 3.79. The van der Waals surface area contributed by atoms with Crippen LogP contribution in [0.2, 0.25) is 0 Å². The Labute approximate surface area is 298 Å². The molecule has 4 heterocycles. The first-order valence-corrected chi connectivity index (χ1v) is 18.8. The molecule has 0 saturated heterocycles. The molecule has 0 saturated carbocycles. The second-order valence-corrected chi connectivity index (χ2v) is 15.0. The molecule has 51 heavy (non-hydrogen) atoms. The van der Waals surface area contributed by atoms with E-state index in [1.807, 2.05) is 60.8 Å². The normalized spacial score (nSPS) is 14.5. The summed E-state index contributed by atoms with van der Waals surface area (Å²) in [6.07, 6.45) is 13.6. The highest BCUT2D eigenvalue weighted by Gasteiger charge is 2.30. The number of hydrogen-bond donors (Lipinski definition) is 1. The first-order chi connectivity index (χ1) is 24.6. The van der Waals surface area contributed by atoms with E-state index in [4.69, 9.17) is 4.74 Å². The number of aromatic nitrogens is 5. The quantitative estimate of drug-likeness (QED) is 0.149. The minimum absolute atomic E-state index is 0.211. The largest absolute Gasteiger partial charge is 0.461 e. The van der Waals surface area contributed by atoms with Crippen LogP contribution >= 0.6 is 11.3 Å². The summed E-state index contributed by atoms with van der Waals surface area (Å²) in [4.78, 5) is 15.9. The molecule has 13 heteroatoms. The maximum Gasteiger partial charge on any atom is 0.295 e. The predicted octanol–water partition coefficient (Wildman–Crippen LogP) is 7.86. The third kappa shape index (κ3) is 6.11. The van der Waals surface area contributed by atoms with Gasteiger partial charge in [-0.25, -0.2) is 23.9 Å². The zero-order chi connectivity index (χ0) is 35.4. The maximum atomic E-state index is 15.9. The third-order valence-corrected chi connectivity index (χ3v) is 11.1. The smallest absolute Gasteiger partial charge is 0.295 e. The summed E-state index contributed by atoms with van der Waals surface area (Å²) in [6, 6.07) is 14.2. The van der Waals surface area contributed by atoms with Crippen molar-refractivity contribution >= 4 is 32.4 Å². The molecule has 1 aliphatic carbocycles. The first-order valence-electron chi connectivity index (χ1n) is 16.6. The molecule has 3 aromatic carbocycles. The number of rotatable bonds is 9. The molecule has 1 aliphatic heterocycles. The molecular formula is C38H33FN6O4S2. The van der Waals surface area contributed by atoms with Crippen molar-refractivity contribution in [2.75, 3.05) is 11.4 Å². The number of fused-ring (bicyclic) bond motifs is 4. The number of ether oxygens (including phenoxy) is 1. The topological polar surface area (TPSA) is 123 Å². The average molecular weight is 721 g/mol. The van der Waals surface area contributed by atoms with Crippen LogP contribution in [-0.4, -0.2) is 50.2 Å². The lowest BCUT2D eigenvalue weighted by atomic mass is 9.92. The lowest BCUT2D eigenvalue weighted by Gasteiger charge is -2.23. The van der Waals surface area contributed by atoms with Gasteiger partial charge in [-0.05, 0) is 107 Å². The second-order valence-electron chi connectivity index (χ2n) is 12.7. The summed E-state index contributed by atoms with van der Waals surface area (Å²) in [5.41, 5.74) is 7.42. The van der Waals surface area contributed by atoms with Gasteiger partial charge in [-0.1, -0.05) is 49.8 Å². The van der Waals surface area contributed by atoms with Gasteiger partial charge in [-0.3, -0.25) is 4.55 Å². The van der Waals surface area contributed by atoms with Crippen LogP contribution in [0.1, 0.15) is 42.5 Å². The highest BCUT2D eigenvalue weighted by atomic mass is 32.2. The Morgan fingerprint density at radius 3 is 2.59 bits per heavy atom. The fourth-order valence-electron chi connectivity index (χ4n) is 6.86. The zero-order valence-electron chi connectivity index (χ0n) is 28.0. The summed E-state index contributed by atoms with van der Waals surface area (Å²) >= 11 is 1.25. The van der Waals surface area contributed by atoms with E-state index in [-0.39, 0.29) is 16.6 Å². The highest BCUT2D eigenvalue weighted by molar-refractivity contribution is 7.86. The Hall–Kier alpha value is -5.24. The van der Waals surface area contributed by atoms with E-state index in [1.54, 1.807) is 35.8 Å². The van der Waals surface area contributed by atoms with Crippen LogP contribution in [0.25, 0.3) is 38.5 Å². The van der Waals surface area contributed by atoms with Crippen molar-refractivity contribution < 1.29 is 22.1 Å². The van der Waals surface area contributed by atoms with E-state index < -0.39 is 15.9 Å². The summed E-state index contributed by atoms with van der Waals surface area (Å²) < 4.78 is 59.2. The van der Waals surface area contributed by atoms with Crippen molar-refractivity contribution in [1.29, 1.82) is 0 Å². The number of anilines is 1. The molecule has 0 spiro atoms. The van der Waals surface area contributed by atoms with E-state index >= 15 is 4.39 Å². The lowest BCUT2D eigenvalue weighted by Crippen LogP contribution is -2.24. The third-order valence-electron chi connectivity index (χ3n) is 9.27.